The number of hydrogen-bond acceptors (Lipinski definition) is 2. The van der Waals surface area contributed by atoms with Crippen molar-refractivity contribution in [3.05, 3.63) is 35.1 Å². The van der Waals surface area contributed by atoms with E-state index in [0.29, 0.717) is 18.2 Å². The summed E-state index contributed by atoms with van der Waals surface area (Å²) in [4.78, 5) is 12.9. The van der Waals surface area contributed by atoms with E-state index in [9.17, 15) is 22.4 Å². The highest BCUT2D eigenvalue weighted by atomic mass is 19.4. The predicted molar refractivity (Wildman–Crippen MR) is 62.0 cm³/mol. The number of amides is 1. The Hall–Kier alpha value is -1.63. The third kappa shape index (κ3) is 3.92. The summed E-state index contributed by atoms with van der Waals surface area (Å²) in [7, 11) is 1.35. The zero-order valence-electron chi connectivity index (χ0n) is 10.5. The van der Waals surface area contributed by atoms with Gasteiger partial charge < -0.3 is 10.6 Å². The fraction of sp³-hybridized carbons (Fsp3) is 0.417. The van der Waals surface area contributed by atoms with Crippen molar-refractivity contribution in [3.63, 3.8) is 0 Å². The fourth-order valence-corrected chi connectivity index (χ4v) is 1.59. The molecule has 3 nitrogen and oxygen atoms in total. The molecule has 0 bridgehead atoms. The van der Waals surface area contributed by atoms with E-state index in [1.54, 1.807) is 6.92 Å². The van der Waals surface area contributed by atoms with Gasteiger partial charge in [-0.25, -0.2) is 4.39 Å². The highest BCUT2D eigenvalue weighted by Gasteiger charge is 2.32. The van der Waals surface area contributed by atoms with Gasteiger partial charge in [0.1, 0.15) is 5.82 Å². The van der Waals surface area contributed by atoms with Crippen LogP contribution in [0.2, 0.25) is 0 Å². The molecule has 0 aliphatic rings. The van der Waals surface area contributed by atoms with E-state index in [2.05, 4.69) is 0 Å². The van der Waals surface area contributed by atoms with E-state index < -0.39 is 29.0 Å². The number of benzene rings is 1. The van der Waals surface area contributed by atoms with Crippen molar-refractivity contribution in [1.82, 2.24) is 4.90 Å². The molecule has 0 spiro atoms. The Balaban J connectivity index is 3.09. The quantitative estimate of drug-likeness (QED) is 0.862. The second-order valence-electron chi connectivity index (χ2n) is 4.36. The predicted octanol–water partition coefficient (Wildman–Crippen LogP) is 2.26. The third-order valence-electron chi connectivity index (χ3n) is 2.43. The molecule has 1 aromatic carbocycles. The number of carbonyl (C=O) groups is 1. The van der Waals surface area contributed by atoms with Gasteiger partial charge in [0.25, 0.3) is 5.91 Å². The number of rotatable bonds is 3. The smallest absolute Gasteiger partial charge is 0.340 e. The van der Waals surface area contributed by atoms with Crippen LogP contribution in [0.4, 0.5) is 17.6 Å². The van der Waals surface area contributed by atoms with Gasteiger partial charge in [0.05, 0.1) is 11.1 Å². The Morgan fingerprint density at radius 3 is 2.47 bits per heavy atom. The van der Waals surface area contributed by atoms with E-state index in [4.69, 9.17) is 5.73 Å². The SMILES string of the molecule is CC(N)CN(C)C(=O)c1cc(C(F)(F)F)ccc1F. The Bertz CT molecular complexity index is 471. The molecule has 2 N–H and O–H groups in total. The largest absolute Gasteiger partial charge is 0.416 e. The number of halogens is 4. The summed E-state index contributed by atoms with van der Waals surface area (Å²) in [5, 5.41) is 0. The molecule has 7 heteroatoms. The van der Waals surface area contributed by atoms with Gasteiger partial charge >= 0.3 is 6.18 Å². The lowest BCUT2D eigenvalue weighted by atomic mass is 10.1. The van der Waals surface area contributed by atoms with Crippen molar-refractivity contribution in [2.24, 2.45) is 5.73 Å². The molecular formula is C12H14F4N2O. The van der Waals surface area contributed by atoms with Gasteiger partial charge in [0.2, 0.25) is 0 Å². The minimum atomic E-state index is -4.62. The van der Waals surface area contributed by atoms with E-state index in [0.717, 1.165) is 4.90 Å². The van der Waals surface area contributed by atoms with Crippen LogP contribution in [0.1, 0.15) is 22.8 Å². The number of nitrogens with zero attached hydrogens (tertiary/aromatic N) is 1. The van der Waals surface area contributed by atoms with Crippen molar-refractivity contribution in [3.8, 4) is 0 Å². The highest BCUT2D eigenvalue weighted by Crippen LogP contribution is 2.30. The van der Waals surface area contributed by atoms with Crippen LogP contribution in [-0.4, -0.2) is 30.4 Å². The van der Waals surface area contributed by atoms with Crippen molar-refractivity contribution in [1.29, 1.82) is 0 Å². The van der Waals surface area contributed by atoms with Crippen molar-refractivity contribution < 1.29 is 22.4 Å². The zero-order valence-corrected chi connectivity index (χ0v) is 10.5. The standard InChI is InChI=1S/C12H14F4N2O/c1-7(17)6-18(2)11(19)9-5-8(12(14,15)16)3-4-10(9)13/h3-5,7H,6,17H2,1-2H3. The molecule has 1 rings (SSSR count). The van der Waals surface area contributed by atoms with Crippen LogP contribution in [-0.2, 0) is 6.18 Å². The molecule has 1 atom stereocenters. The fourth-order valence-electron chi connectivity index (χ4n) is 1.59. The zero-order chi connectivity index (χ0) is 14.8. The molecule has 1 aromatic rings. The molecule has 0 aliphatic carbocycles. The number of hydrogen-bond donors (Lipinski definition) is 1. The molecule has 19 heavy (non-hydrogen) atoms. The first kappa shape index (κ1) is 15.4. The summed E-state index contributed by atoms with van der Waals surface area (Å²) < 4.78 is 51.0. The van der Waals surface area contributed by atoms with Crippen molar-refractivity contribution in [2.75, 3.05) is 13.6 Å². The first-order valence-electron chi connectivity index (χ1n) is 5.50. The van der Waals surface area contributed by atoms with E-state index >= 15 is 0 Å². The van der Waals surface area contributed by atoms with E-state index in [-0.39, 0.29) is 12.6 Å². The maximum atomic E-state index is 13.5. The Kier molecular flexibility index (Phi) is 4.52. The van der Waals surface area contributed by atoms with Gasteiger partial charge in [-0.05, 0) is 25.1 Å². The number of carbonyl (C=O) groups excluding carboxylic acids is 1. The van der Waals surface area contributed by atoms with E-state index in [1.807, 2.05) is 0 Å². The molecule has 0 fully saturated rings. The summed E-state index contributed by atoms with van der Waals surface area (Å²) >= 11 is 0. The van der Waals surface area contributed by atoms with Crippen LogP contribution in [0.15, 0.2) is 18.2 Å². The minimum Gasteiger partial charge on any atom is -0.340 e. The summed E-state index contributed by atoms with van der Waals surface area (Å²) in [5.41, 5.74) is 3.80. The van der Waals surface area contributed by atoms with E-state index in [1.165, 1.54) is 7.05 Å². The second-order valence-corrected chi connectivity index (χ2v) is 4.36. The number of nitrogens with two attached hydrogens (primary N) is 1. The van der Waals surface area contributed by atoms with Crippen LogP contribution in [0.5, 0.6) is 0 Å². The third-order valence-corrected chi connectivity index (χ3v) is 2.43. The maximum absolute atomic E-state index is 13.5. The number of alkyl halides is 3. The molecule has 0 heterocycles. The van der Waals surface area contributed by atoms with Crippen LogP contribution >= 0.6 is 0 Å². The first-order chi connectivity index (χ1) is 8.62. The van der Waals surface area contributed by atoms with Crippen LogP contribution in [0, 0.1) is 5.82 Å². The summed E-state index contributed by atoms with van der Waals surface area (Å²) in [5.74, 6) is -1.82. The van der Waals surface area contributed by atoms with Crippen LogP contribution < -0.4 is 5.73 Å². The van der Waals surface area contributed by atoms with Gasteiger partial charge in [-0.3, -0.25) is 4.79 Å². The lowest BCUT2D eigenvalue weighted by Gasteiger charge is -2.20. The molecular weight excluding hydrogens is 264 g/mol. The Morgan fingerprint density at radius 1 is 1.42 bits per heavy atom. The molecule has 106 valence electrons. The second kappa shape index (κ2) is 5.56. The highest BCUT2D eigenvalue weighted by molar-refractivity contribution is 5.94. The molecule has 0 saturated carbocycles. The molecule has 1 amide bonds. The molecule has 0 aromatic heterocycles. The molecule has 0 radical (unpaired) electrons. The molecule has 0 aliphatic heterocycles. The van der Waals surface area contributed by atoms with Gasteiger partial charge in [0.15, 0.2) is 0 Å². The summed E-state index contributed by atoms with van der Waals surface area (Å²) in [6.07, 6.45) is -4.62. The number of likely N-dealkylation sites (N-methyl/N-ethyl adjacent to an activating group) is 1. The van der Waals surface area contributed by atoms with Gasteiger partial charge in [-0.15, -0.1) is 0 Å². The first-order valence-corrected chi connectivity index (χ1v) is 5.50. The normalized spacial score (nSPS) is 13.2. The topological polar surface area (TPSA) is 46.3 Å². The summed E-state index contributed by atoms with van der Waals surface area (Å²) in [6, 6.07) is 1.38. The Labute approximate surface area is 108 Å². The van der Waals surface area contributed by atoms with Gasteiger partial charge in [0, 0.05) is 19.6 Å². The van der Waals surface area contributed by atoms with Crippen LogP contribution in [0.25, 0.3) is 0 Å². The Morgan fingerprint density at radius 2 is 2.00 bits per heavy atom. The average molecular weight is 278 g/mol. The lowest BCUT2D eigenvalue weighted by molar-refractivity contribution is -0.137. The molecule has 1 unspecified atom stereocenters. The van der Waals surface area contributed by atoms with Crippen molar-refractivity contribution in [2.45, 2.75) is 19.1 Å². The minimum absolute atomic E-state index is 0.120. The molecule has 0 saturated heterocycles. The monoisotopic (exact) mass is 278 g/mol. The van der Waals surface area contributed by atoms with Crippen molar-refractivity contribution >= 4 is 5.91 Å². The summed E-state index contributed by atoms with van der Waals surface area (Å²) in [6.45, 7) is 1.75. The maximum Gasteiger partial charge on any atom is 0.416 e. The van der Waals surface area contributed by atoms with Gasteiger partial charge in [-0.2, -0.15) is 13.2 Å². The average Bonchev–Trinajstić information content (AvgIpc) is 2.26. The van der Waals surface area contributed by atoms with Crippen LogP contribution in [0.3, 0.4) is 0 Å². The lowest BCUT2D eigenvalue weighted by Crippen LogP contribution is -2.37. The van der Waals surface area contributed by atoms with Gasteiger partial charge in [-0.1, -0.05) is 0 Å².